The molecule has 434 valence electrons. The minimum absolute atomic E-state index is 0.0418. The van der Waals surface area contributed by atoms with E-state index in [0.29, 0.717) is 72.7 Å². The van der Waals surface area contributed by atoms with Gasteiger partial charge in [0.25, 0.3) is 6.47 Å². The van der Waals surface area contributed by atoms with Gasteiger partial charge in [-0.1, -0.05) is 93.7 Å². The van der Waals surface area contributed by atoms with E-state index in [4.69, 9.17) is 38.3 Å². The first-order valence-corrected chi connectivity index (χ1v) is 27.1. The van der Waals surface area contributed by atoms with Crippen LogP contribution < -0.4 is 50.0 Å². The molecule has 20 heteroatoms. The Bertz CT molecular complexity index is 1820. The van der Waals surface area contributed by atoms with Crippen molar-refractivity contribution in [3.63, 3.8) is 0 Å². The maximum Gasteiger partial charge on any atom is 0.404 e. The van der Waals surface area contributed by atoms with Crippen LogP contribution in [-0.2, 0) is 44.8 Å². The standard InChI is InChI=1S/C20H30N4O5.C15H28N3O2.C10H21NO2.C4H10N2O.C4H10.C2H6/c1-4-5-6-16(25)24-18(13(2)3)19(27)22-11-17(26)23-15-9-7-14(8-10-15)12-29-20(21)28;1-3-8-18(2,17)15-7-5-12-11(4-6-14(15)16)13(12)9-20-10-19;1-8(12)6-10(4,5)13-7-9(2,3)11;1-2-3-6-4(5)7;1-3-4-2;1-2/h7-10,13,18H,4-6,11-12H2,1-3H3,(H2,21,28)(H,22,27)(H,23,26)(H,24,25);10-13H,3-9,16-17H2,1-2H3;6-7,11H2,1-5H3;2-3H2,1H3,(H3,5,6,7);3-4H2,1-2H3;1-2H3/q;+1;;;;/b;15-14-;;;;. The summed E-state index contributed by atoms with van der Waals surface area (Å²) in [6.07, 6.45) is 10.3. The molecule has 0 heterocycles. The third-order valence-electron chi connectivity index (χ3n) is 11.6. The first-order valence-electron chi connectivity index (χ1n) is 27.1. The van der Waals surface area contributed by atoms with Crippen molar-refractivity contribution in [1.29, 1.82) is 0 Å². The molecule has 1 aromatic carbocycles. The summed E-state index contributed by atoms with van der Waals surface area (Å²) in [7, 11) is 2.05. The normalized spacial score (nSPS) is 17.6. The molecule has 1 fully saturated rings. The average molecular weight is 1070 g/mol. The molecule has 0 spiro atoms. The van der Waals surface area contributed by atoms with E-state index in [1.54, 1.807) is 31.2 Å². The van der Waals surface area contributed by atoms with E-state index in [-0.39, 0.29) is 36.3 Å². The van der Waals surface area contributed by atoms with Crippen LogP contribution in [0.15, 0.2) is 35.7 Å². The zero-order valence-electron chi connectivity index (χ0n) is 48.9. The Balaban J connectivity index is -0.000000972. The minimum atomic E-state index is -0.862. The SMILES string of the molecule is CC.CC(=O)CC(C)(C)OCC(C)(C)N.CCCC.CCCCC(=O)NC(C(=O)NCC(=O)Nc1ccc(COC(N)=O)cc1)C(C)C.CCCNC(N)=O.CCC[N+](C)(N)/C1=C(\N)CCC2C(CC1)C2COC=O. The van der Waals surface area contributed by atoms with E-state index in [1.807, 2.05) is 76.3 Å². The van der Waals surface area contributed by atoms with Gasteiger partial charge in [-0.05, 0) is 115 Å². The van der Waals surface area contributed by atoms with E-state index in [0.717, 1.165) is 63.6 Å². The number of amides is 6. The first kappa shape index (κ1) is 73.9. The number of ether oxygens (including phenoxy) is 3. The predicted molar refractivity (Wildman–Crippen MR) is 300 cm³/mol. The maximum atomic E-state index is 12.4. The van der Waals surface area contributed by atoms with E-state index in [9.17, 15) is 33.6 Å². The molecule has 2 aliphatic carbocycles. The lowest BCUT2D eigenvalue weighted by Gasteiger charge is -2.31. The van der Waals surface area contributed by atoms with Crippen LogP contribution in [0.2, 0.25) is 0 Å². The van der Waals surface area contributed by atoms with Gasteiger partial charge in [0.2, 0.25) is 17.7 Å². The monoisotopic (exact) mass is 1070 g/mol. The summed E-state index contributed by atoms with van der Waals surface area (Å²) in [6, 6.07) is 5.50. The summed E-state index contributed by atoms with van der Waals surface area (Å²) in [6.45, 7) is 30.3. The van der Waals surface area contributed by atoms with Gasteiger partial charge in [-0.15, -0.1) is 0 Å². The zero-order chi connectivity index (χ0) is 58.4. The molecule has 5 atom stereocenters. The highest BCUT2D eigenvalue weighted by molar-refractivity contribution is 5.96. The van der Waals surface area contributed by atoms with Crippen molar-refractivity contribution in [2.45, 2.75) is 198 Å². The van der Waals surface area contributed by atoms with Crippen molar-refractivity contribution in [2.75, 3.05) is 45.2 Å². The molecule has 1 aromatic rings. The molecule has 3 rings (SSSR count). The average Bonchev–Trinajstić information content (AvgIpc) is 4.00. The summed E-state index contributed by atoms with van der Waals surface area (Å²) in [4.78, 5) is 78.0. The van der Waals surface area contributed by atoms with Crippen LogP contribution in [0, 0.1) is 23.7 Å². The Labute approximate surface area is 451 Å². The van der Waals surface area contributed by atoms with Crippen molar-refractivity contribution >= 4 is 47.8 Å². The molecule has 0 saturated heterocycles. The molecule has 0 aromatic heterocycles. The van der Waals surface area contributed by atoms with Gasteiger partial charge < -0.3 is 58.4 Å². The fourth-order valence-corrected chi connectivity index (χ4v) is 7.61. The largest absolute Gasteiger partial charge is 0.468 e. The number of ketones is 1. The van der Waals surface area contributed by atoms with Gasteiger partial charge in [-0.2, -0.15) is 5.84 Å². The number of hydrogen-bond donors (Lipinski definition) is 9. The molecular formula is C55H105N10O10+. The topological polar surface area (TPSA) is 325 Å². The molecule has 2 aliphatic rings. The highest BCUT2D eigenvalue weighted by Gasteiger charge is 2.50. The number of anilines is 1. The number of carbonyl (C=O) groups excluding carboxylic acids is 7. The Kier molecular flexibility index (Phi) is 40.3. The number of nitrogens with zero attached hydrogens (tertiary/aromatic N) is 1. The Morgan fingerprint density at radius 3 is 1.85 bits per heavy atom. The van der Waals surface area contributed by atoms with Crippen molar-refractivity contribution in [3.05, 3.63) is 41.2 Å². The number of benzene rings is 1. The summed E-state index contributed by atoms with van der Waals surface area (Å²) < 4.78 is 15.6. The van der Waals surface area contributed by atoms with E-state index in [1.165, 1.54) is 18.5 Å². The summed E-state index contributed by atoms with van der Waals surface area (Å²) >= 11 is 0. The highest BCUT2D eigenvalue weighted by atomic mass is 16.5. The second kappa shape index (κ2) is 40.9. The first-order chi connectivity index (χ1) is 35.0. The number of carbonyl (C=O) groups is 7. The number of fused-ring (bicyclic) bond motifs is 1. The molecule has 20 nitrogen and oxygen atoms in total. The van der Waals surface area contributed by atoms with Crippen LogP contribution in [0.1, 0.15) is 180 Å². The fraction of sp³-hybridized carbons (Fsp3) is 0.727. The molecule has 0 aliphatic heterocycles. The third-order valence-corrected chi connectivity index (χ3v) is 11.6. The van der Waals surface area contributed by atoms with Gasteiger partial charge in [-0.3, -0.25) is 24.0 Å². The van der Waals surface area contributed by atoms with Crippen LogP contribution in [-0.4, -0.2) is 104 Å². The summed E-state index contributed by atoms with van der Waals surface area (Å²) in [5.41, 5.74) is 24.4. The number of allylic oxidation sites excluding steroid dienone is 2. The number of urea groups is 1. The van der Waals surface area contributed by atoms with Crippen molar-refractivity contribution in [3.8, 4) is 0 Å². The third kappa shape index (κ3) is 38.0. The van der Waals surface area contributed by atoms with Gasteiger partial charge in [0.1, 0.15) is 30.7 Å². The Morgan fingerprint density at radius 1 is 0.840 bits per heavy atom. The number of primary amides is 2. The minimum Gasteiger partial charge on any atom is -0.468 e. The van der Waals surface area contributed by atoms with Gasteiger partial charge in [0, 0.05) is 37.0 Å². The molecular weight excluding hydrogens is 961 g/mol. The lowest BCUT2D eigenvalue weighted by Crippen LogP contribution is -2.51. The molecule has 75 heavy (non-hydrogen) atoms. The van der Waals surface area contributed by atoms with Gasteiger partial charge in [-0.25, -0.2) is 14.2 Å². The van der Waals surface area contributed by atoms with Crippen LogP contribution in [0.4, 0.5) is 15.3 Å². The second-order valence-electron chi connectivity index (χ2n) is 20.6. The van der Waals surface area contributed by atoms with Gasteiger partial charge in [0.05, 0.1) is 38.1 Å². The lowest BCUT2D eigenvalue weighted by molar-refractivity contribution is -0.886. The van der Waals surface area contributed by atoms with Gasteiger partial charge in [0.15, 0.2) is 0 Å². The fourth-order valence-electron chi connectivity index (χ4n) is 7.61. The lowest BCUT2D eigenvalue weighted by atomic mass is 10.0. The number of nitrogens with two attached hydrogens (primary N) is 5. The van der Waals surface area contributed by atoms with E-state index < -0.39 is 35.6 Å². The zero-order valence-corrected chi connectivity index (χ0v) is 48.9. The second-order valence-corrected chi connectivity index (χ2v) is 20.6. The van der Waals surface area contributed by atoms with E-state index >= 15 is 0 Å². The van der Waals surface area contributed by atoms with Crippen LogP contribution in [0.25, 0.3) is 0 Å². The van der Waals surface area contributed by atoms with Crippen molar-refractivity contribution < 1.29 is 52.4 Å². The van der Waals surface area contributed by atoms with Crippen molar-refractivity contribution in [1.82, 2.24) is 16.0 Å². The number of hydrogen-bond acceptors (Lipinski definition) is 13. The Morgan fingerprint density at radius 2 is 1.41 bits per heavy atom. The number of quaternary nitrogens is 1. The number of rotatable bonds is 25. The van der Waals surface area contributed by atoms with Crippen molar-refractivity contribution in [2.24, 2.45) is 52.4 Å². The smallest absolute Gasteiger partial charge is 0.404 e. The number of nitrogens with one attached hydrogen (secondary N) is 4. The van der Waals surface area contributed by atoms with Crippen LogP contribution in [0.5, 0.6) is 0 Å². The molecule has 1 saturated carbocycles. The van der Waals surface area contributed by atoms with Crippen LogP contribution >= 0.6 is 0 Å². The number of Topliss-reactive ketones (excluding diaryl/α,β-unsaturated/α-hetero) is 1. The highest BCUT2D eigenvalue weighted by Crippen LogP contribution is 2.54. The summed E-state index contributed by atoms with van der Waals surface area (Å²) in [5.74, 6) is 7.36. The van der Waals surface area contributed by atoms with Gasteiger partial charge >= 0.3 is 12.1 Å². The predicted octanol–water partition coefficient (Wildman–Crippen LogP) is 7.56. The molecule has 0 bridgehead atoms. The Hall–Kier alpha value is -5.31. The molecule has 5 unspecified atom stereocenters. The van der Waals surface area contributed by atoms with E-state index in [2.05, 4.69) is 46.8 Å². The summed E-state index contributed by atoms with van der Waals surface area (Å²) in [5, 5.41) is 10.4. The maximum absolute atomic E-state index is 12.4. The molecule has 6 amide bonds. The quantitative estimate of drug-likeness (QED) is 0.0198. The number of unbranched alkanes of at least 4 members (excludes halogenated alkanes) is 2. The molecule has 0 radical (unpaired) electrons. The molecule has 14 N–H and O–H groups in total. The van der Waals surface area contributed by atoms with Crippen LogP contribution in [0.3, 0.4) is 0 Å².